The number of nitrogens with two attached hydrogens (primary N) is 1. The van der Waals surface area contributed by atoms with Crippen molar-refractivity contribution >= 4 is 19.4 Å². The van der Waals surface area contributed by atoms with Crippen molar-refractivity contribution in [2.45, 2.75) is 63.5 Å². The second-order valence-corrected chi connectivity index (χ2v) is 8.76. The van der Waals surface area contributed by atoms with Crippen LogP contribution >= 0.6 is 11.6 Å². The molecule has 2 nitrogen and oxygen atoms in total. The monoisotopic (exact) mass is 398 g/mol. The summed E-state index contributed by atoms with van der Waals surface area (Å²) < 4.78 is 14.5. The van der Waals surface area contributed by atoms with E-state index in [4.69, 9.17) is 25.2 Å². The number of hydrogen-bond donors (Lipinski definition) is 2. The molecule has 1 atom stereocenters. The van der Waals surface area contributed by atoms with Crippen molar-refractivity contribution in [2.24, 2.45) is 11.7 Å². The number of nitrogens with one attached hydrogen (secondary N) is 1. The SMILES string of the molecule is [B]CCCCC(C)(N)C1CC(NCc2ccc(-c3ccc(Cl)cc3)c(F)c2)C1. The minimum Gasteiger partial charge on any atom is -0.325 e. The molecule has 3 N–H and O–H groups in total. The van der Waals surface area contributed by atoms with Gasteiger partial charge in [0.25, 0.3) is 0 Å². The number of benzene rings is 2. The Morgan fingerprint density at radius 2 is 1.89 bits per heavy atom. The summed E-state index contributed by atoms with van der Waals surface area (Å²) in [5, 5.41) is 4.19. The zero-order valence-electron chi connectivity index (χ0n) is 16.6. The molecule has 0 amide bonds. The van der Waals surface area contributed by atoms with E-state index in [1.54, 1.807) is 18.2 Å². The second kappa shape index (κ2) is 9.43. The van der Waals surface area contributed by atoms with Gasteiger partial charge in [-0.3, -0.25) is 0 Å². The van der Waals surface area contributed by atoms with Gasteiger partial charge < -0.3 is 11.1 Å². The van der Waals surface area contributed by atoms with Crippen LogP contribution in [0.15, 0.2) is 42.5 Å². The van der Waals surface area contributed by atoms with Gasteiger partial charge in [0.15, 0.2) is 0 Å². The molecule has 0 spiro atoms. The van der Waals surface area contributed by atoms with E-state index in [0.717, 1.165) is 49.6 Å². The molecule has 1 fully saturated rings. The number of rotatable bonds is 9. The van der Waals surface area contributed by atoms with Crippen LogP contribution in [0.25, 0.3) is 11.1 Å². The van der Waals surface area contributed by atoms with E-state index < -0.39 is 0 Å². The van der Waals surface area contributed by atoms with Crippen molar-refractivity contribution in [3.8, 4) is 11.1 Å². The lowest BCUT2D eigenvalue weighted by molar-refractivity contribution is 0.123. The van der Waals surface area contributed by atoms with Gasteiger partial charge in [0.05, 0.1) is 7.85 Å². The Bertz CT molecular complexity index is 773. The Morgan fingerprint density at radius 3 is 2.54 bits per heavy atom. The molecule has 2 aromatic rings. The maximum Gasteiger partial charge on any atom is 0.131 e. The summed E-state index contributed by atoms with van der Waals surface area (Å²) in [6.07, 6.45) is 6.06. The lowest BCUT2D eigenvalue weighted by Gasteiger charge is -2.46. The van der Waals surface area contributed by atoms with Crippen molar-refractivity contribution in [3.63, 3.8) is 0 Å². The van der Waals surface area contributed by atoms with E-state index >= 15 is 0 Å². The highest BCUT2D eigenvalue weighted by Gasteiger charge is 2.39. The van der Waals surface area contributed by atoms with Gasteiger partial charge in [0, 0.05) is 28.7 Å². The van der Waals surface area contributed by atoms with Crippen LogP contribution in [0.1, 0.15) is 44.6 Å². The summed E-state index contributed by atoms with van der Waals surface area (Å²) in [4.78, 5) is 0. The smallest absolute Gasteiger partial charge is 0.131 e. The Labute approximate surface area is 174 Å². The van der Waals surface area contributed by atoms with Crippen LogP contribution in [0.5, 0.6) is 0 Å². The average Bonchev–Trinajstić information content (AvgIpc) is 2.61. The summed E-state index contributed by atoms with van der Waals surface area (Å²) >= 11 is 5.91. The van der Waals surface area contributed by atoms with Gasteiger partial charge in [-0.25, -0.2) is 4.39 Å². The molecule has 1 saturated carbocycles. The zero-order valence-corrected chi connectivity index (χ0v) is 17.3. The topological polar surface area (TPSA) is 38.0 Å². The molecule has 1 aliphatic carbocycles. The lowest BCUT2D eigenvalue weighted by atomic mass is 9.67. The average molecular weight is 399 g/mol. The van der Waals surface area contributed by atoms with Crippen molar-refractivity contribution < 1.29 is 4.39 Å². The van der Waals surface area contributed by atoms with Gasteiger partial charge >= 0.3 is 0 Å². The zero-order chi connectivity index (χ0) is 20.1. The Kier molecular flexibility index (Phi) is 7.19. The number of hydrogen-bond acceptors (Lipinski definition) is 2. The lowest BCUT2D eigenvalue weighted by Crippen LogP contribution is -2.54. The van der Waals surface area contributed by atoms with Crippen LogP contribution in [0.3, 0.4) is 0 Å². The minimum absolute atomic E-state index is 0.111. The van der Waals surface area contributed by atoms with E-state index in [1.165, 1.54) is 0 Å². The first-order valence-electron chi connectivity index (χ1n) is 10.2. The van der Waals surface area contributed by atoms with Crippen LogP contribution < -0.4 is 11.1 Å². The molecule has 0 heterocycles. The third-order valence-electron chi connectivity index (χ3n) is 6.02. The van der Waals surface area contributed by atoms with Crippen molar-refractivity contribution in [2.75, 3.05) is 0 Å². The van der Waals surface area contributed by atoms with E-state index in [2.05, 4.69) is 12.2 Å². The molecule has 1 unspecified atom stereocenters. The maximum absolute atomic E-state index is 14.5. The first kappa shape index (κ1) is 21.4. The molecule has 2 aromatic carbocycles. The van der Waals surface area contributed by atoms with Crippen LogP contribution in [0, 0.1) is 11.7 Å². The molecule has 148 valence electrons. The Balaban J connectivity index is 1.48. The van der Waals surface area contributed by atoms with Crippen molar-refractivity contribution in [1.29, 1.82) is 0 Å². The summed E-state index contributed by atoms with van der Waals surface area (Å²) in [6.45, 7) is 2.83. The fraction of sp³-hybridized carbons (Fsp3) is 0.478. The maximum atomic E-state index is 14.5. The fourth-order valence-corrected chi connectivity index (χ4v) is 4.10. The van der Waals surface area contributed by atoms with Gasteiger partial charge in [0.1, 0.15) is 5.82 Å². The molecule has 0 bridgehead atoms. The summed E-state index contributed by atoms with van der Waals surface area (Å²) in [5.74, 6) is 0.342. The van der Waals surface area contributed by atoms with Crippen LogP contribution in [-0.4, -0.2) is 19.4 Å². The third kappa shape index (κ3) is 5.37. The van der Waals surface area contributed by atoms with Crippen molar-refractivity contribution in [1.82, 2.24) is 5.32 Å². The van der Waals surface area contributed by atoms with Gasteiger partial charge in [-0.05, 0) is 61.4 Å². The highest BCUT2D eigenvalue weighted by atomic mass is 35.5. The molecule has 0 aliphatic heterocycles. The minimum atomic E-state index is -0.206. The molecule has 1 aliphatic rings. The number of unbranched alkanes of at least 4 members (excludes halogenated alkanes) is 1. The third-order valence-corrected chi connectivity index (χ3v) is 6.28. The van der Waals surface area contributed by atoms with Crippen molar-refractivity contribution in [3.05, 3.63) is 58.9 Å². The van der Waals surface area contributed by atoms with Gasteiger partial charge in [-0.15, -0.1) is 0 Å². The highest BCUT2D eigenvalue weighted by molar-refractivity contribution is 6.30. The molecular weight excluding hydrogens is 370 g/mol. The highest BCUT2D eigenvalue weighted by Crippen LogP contribution is 2.38. The largest absolute Gasteiger partial charge is 0.325 e. The summed E-state index contributed by atoms with van der Waals surface area (Å²) in [5.41, 5.74) is 8.78. The van der Waals surface area contributed by atoms with Gasteiger partial charge in [-0.1, -0.05) is 55.0 Å². The molecule has 0 saturated heterocycles. The van der Waals surface area contributed by atoms with E-state index in [-0.39, 0.29) is 11.4 Å². The Hall–Kier alpha value is -1.36. The molecule has 28 heavy (non-hydrogen) atoms. The standard InChI is InChI=1S/C23H29BClFN2/c1-23(27,10-2-3-11-24)18-13-20(14-18)28-15-16-4-9-21(22(26)12-16)17-5-7-19(25)8-6-17/h4-9,12,18,20,28H,2-3,10-11,13-15,27H2,1H3. The first-order chi connectivity index (χ1) is 13.4. The first-order valence-corrected chi connectivity index (χ1v) is 10.5. The van der Waals surface area contributed by atoms with Gasteiger partial charge in [0.2, 0.25) is 0 Å². The quantitative estimate of drug-likeness (QED) is 0.433. The van der Waals surface area contributed by atoms with E-state index in [9.17, 15) is 4.39 Å². The van der Waals surface area contributed by atoms with Gasteiger partial charge in [-0.2, -0.15) is 0 Å². The molecule has 0 aromatic heterocycles. The predicted molar refractivity (Wildman–Crippen MR) is 117 cm³/mol. The molecule has 3 rings (SSSR count). The van der Waals surface area contributed by atoms with Crippen LogP contribution in [0.2, 0.25) is 11.3 Å². The normalized spacial score (nSPS) is 21.1. The fourth-order valence-electron chi connectivity index (χ4n) is 3.97. The molecule has 2 radical (unpaired) electrons. The van der Waals surface area contributed by atoms with Crippen LogP contribution in [0.4, 0.5) is 4.39 Å². The number of halogens is 2. The Morgan fingerprint density at radius 1 is 1.18 bits per heavy atom. The van der Waals surface area contributed by atoms with E-state index in [1.807, 2.05) is 24.3 Å². The predicted octanol–water partition coefficient (Wildman–Crippen LogP) is 5.49. The molecular formula is C23H29BClFN2. The summed E-state index contributed by atoms with van der Waals surface area (Å²) in [6, 6.07) is 13.1. The molecule has 5 heteroatoms. The van der Waals surface area contributed by atoms with E-state index in [0.29, 0.717) is 29.1 Å². The second-order valence-electron chi connectivity index (χ2n) is 8.32. The van der Waals surface area contributed by atoms with Crippen LogP contribution in [-0.2, 0) is 6.54 Å². The summed E-state index contributed by atoms with van der Waals surface area (Å²) in [7, 11) is 5.57.